The van der Waals surface area contributed by atoms with Crippen molar-refractivity contribution in [1.82, 2.24) is 0 Å². The topological polar surface area (TPSA) is 75.6 Å². The van der Waals surface area contributed by atoms with Gasteiger partial charge in [-0.3, -0.25) is 0 Å². The second-order valence-corrected chi connectivity index (χ2v) is 15.7. The molecule has 6 atom stereocenters. The molecule has 56 heavy (non-hydrogen) atoms. The van der Waals surface area contributed by atoms with Crippen LogP contribution in [0.25, 0.3) is 0 Å². The molecule has 0 aromatic heterocycles. The molecule has 5 aromatic rings. The van der Waals surface area contributed by atoms with E-state index < -0.39 is 30.5 Å². The van der Waals surface area contributed by atoms with Gasteiger partial charge in [-0.05, 0) is 82.2 Å². The first-order valence-electron chi connectivity index (χ1n) is 19.4. The third-order valence-corrected chi connectivity index (χ3v) is 10.9. The number of alkyl halides is 1. The second-order valence-electron chi connectivity index (χ2n) is 14.2. The van der Waals surface area contributed by atoms with Gasteiger partial charge in [-0.25, -0.2) is 0 Å². The van der Waals surface area contributed by atoms with E-state index in [1.54, 1.807) is 0 Å². The van der Waals surface area contributed by atoms with Crippen molar-refractivity contribution in [1.29, 1.82) is 0 Å². The molecule has 9 heteroatoms. The Kier molecular flexibility index (Phi) is 16.5. The summed E-state index contributed by atoms with van der Waals surface area (Å²) in [6, 6.07) is 42.2. The molecule has 0 bridgehead atoms. The van der Waals surface area contributed by atoms with Crippen LogP contribution in [0, 0.1) is 5.92 Å². The molecule has 1 aliphatic heterocycles. The molecule has 5 aromatic carbocycles. The molecule has 0 spiro atoms. The number of benzene rings is 5. The predicted octanol–water partition coefficient (Wildman–Crippen LogP) is 10.4. The van der Waals surface area contributed by atoms with Crippen molar-refractivity contribution in [2.45, 2.75) is 77.0 Å². The third-order valence-electron chi connectivity index (χ3n) is 9.91. The van der Waals surface area contributed by atoms with Crippen molar-refractivity contribution in [2.24, 2.45) is 5.92 Å². The minimum Gasteiger partial charge on any atom is -0.494 e. The summed E-state index contributed by atoms with van der Waals surface area (Å²) >= 11 is 9.49. The van der Waals surface area contributed by atoms with Crippen LogP contribution in [0.15, 0.2) is 127 Å². The molecule has 1 heterocycles. The van der Waals surface area contributed by atoms with E-state index in [0.717, 1.165) is 50.0 Å². The Balaban J connectivity index is 1.42. The normalized spacial score (nSPS) is 20.1. The first kappa shape index (κ1) is 42.1. The molecule has 0 amide bonds. The summed E-state index contributed by atoms with van der Waals surface area (Å²) in [5.74, 6) is 1.76. The van der Waals surface area contributed by atoms with Crippen LogP contribution in [0.2, 0.25) is 5.02 Å². The van der Waals surface area contributed by atoms with Gasteiger partial charge in [0.2, 0.25) is 0 Å². The largest absolute Gasteiger partial charge is 0.494 e. The highest BCUT2D eigenvalue weighted by Gasteiger charge is 2.49. The van der Waals surface area contributed by atoms with Crippen molar-refractivity contribution < 1.29 is 33.5 Å². The first-order valence-corrected chi connectivity index (χ1v) is 21.3. The number of halogens is 2. The number of aliphatic hydroxyl groups is 1. The number of ether oxygens (including phenoxy) is 6. The minimum atomic E-state index is -0.739. The minimum absolute atomic E-state index is 0.290. The Morgan fingerprint density at radius 1 is 0.696 bits per heavy atom. The number of hydrogen-bond donors (Lipinski definition) is 1. The highest BCUT2D eigenvalue weighted by molar-refractivity contribution is 14.1. The smallest absolute Gasteiger partial charge is 0.126 e. The molecule has 0 radical (unpaired) electrons. The van der Waals surface area contributed by atoms with E-state index in [2.05, 4.69) is 47.7 Å². The van der Waals surface area contributed by atoms with Gasteiger partial charge in [-0.15, -0.1) is 0 Å². The fourth-order valence-electron chi connectivity index (χ4n) is 6.88. The molecule has 0 unspecified atom stereocenters. The maximum atomic E-state index is 11.0. The number of aliphatic hydroxyl groups excluding tert-OH is 1. The van der Waals surface area contributed by atoms with Crippen LogP contribution in [-0.2, 0) is 45.2 Å². The van der Waals surface area contributed by atoms with E-state index in [1.165, 1.54) is 0 Å². The standard InChI is InChI=1S/C47H52ClIO7/c1-3-51-39-21-19-34(20-22-39)25-38-26-40(42(27-41(38)48)52-29-33(2)23-24-49)44-46(54-31-36-15-9-5-10-16-36)47(55-32-37-17-11-6-12-18-37)45(43(28-50)56-44)53-30-35-13-7-4-8-14-35/h4-22,26-27,33,43-47,50H,3,23-25,28-32H2,1-2H3/t33-,43+,44-,45+,46-,47-/m0/s1. The maximum Gasteiger partial charge on any atom is 0.126 e. The van der Waals surface area contributed by atoms with Crippen LogP contribution in [0.1, 0.15) is 59.8 Å². The van der Waals surface area contributed by atoms with E-state index in [9.17, 15) is 5.11 Å². The second kappa shape index (κ2) is 21.9. The predicted molar refractivity (Wildman–Crippen MR) is 230 cm³/mol. The summed E-state index contributed by atoms with van der Waals surface area (Å²) in [6.07, 6.45) is -1.83. The summed E-state index contributed by atoms with van der Waals surface area (Å²) in [4.78, 5) is 0. The highest BCUT2D eigenvalue weighted by atomic mass is 127. The van der Waals surface area contributed by atoms with Crippen LogP contribution in [0.4, 0.5) is 0 Å². The Labute approximate surface area is 350 Å². The molecule has 0 aliphatic carbocycles. The molecule has 6 rings (SSSR count). The average molecular weight is 891 g/mol. The first-order chi connectivity index (χ1) is 27.4. The molecule has 7 nitrogen and oxygen atoms in total. The Morgan fingerprint density at radius 2 is 1.25 bits per heavy atom. The van der Waals surface area contributed by atoms with Crippen molar-refractivity contribution >= 4 is 34.2 Å². The Bertz CT molecular complexity index is 1880. The summed E-state index contributed by atoms with van der Waals surface area (Å²) in [7, 11) is 0. The van der Waals surface area contributed by atoms with Crippen molar-refractivity contribution in [3.05, 3.63) is 166 Å². The van der Waals surface area contributed by atoms with E-state index in [1.807, 2.05) is 116 Å². The summed E-state index contributed by atoms with van der Waals surface area (Å²) in [5.41, 5.74) is 5.80. The van der Waals surface area contributed by atoms with Crippen LogP contribution in [-0.4, -0.2) is 53.8 Å². The van der Waals surface area contributed by atoms with Gasteiger partial charge >= 0.3 is 0 Å². The SMILES string of the molecule is CCOc1ccc(Cc2cc([C@@H]3O[C@H](CO)[C@@H](OCc4ccccc4)[C@H](OCc4ccccc4)[C@H]3OCc3ccccc3)c(OC[C@@H](C)CCI)cc2Cl)cc1. The molecule has 1 fully saturated rings. The van der Waals surface area contributed by atoms with Crippen molar-refractivity contribution in [3.63, 3.8) is 0 Å². The monoisotopic (exact) mass is 890 g/mol. The van der Waals surface area contributed by atoms with Crippen LogP contribution in [0.5, 0.6) is 11.5 Å². The maximum absolute atomic E-state index is 11.0. The number of hydrogen-bond acceptors (Lipinski definition) is 7. The summed E-state index contributed by atoms with van der Waals surface area (Å²) < 4.78 is 40.8. The molecule has 1 saturated heterocycles. The zero-order valence-electron chi connectivity index (χ0n) is 32.1. The molecule has 0 saturated carbocycles. The van der Waals surface area contributed by atoms with Gasteiger partial charge in [0.15, 0.2) is 0 Å². The van der Waals surface area contributed by atoms with Gasteiger partial charge in [0.1, 0.15) is 42.0 Å². The van der Waals surface area contributed by atoms with E-state index in [4.69, 9.17) is 40.0 Å². The van der Waals surface area contributed by atoms with E-state index in [-0.39, 0.29) is 6.61 Å². The lowest BCUT2D eigenvalue weighted by atomic mass is 9.88. The van der Waals surface area contributed by atoms with Gasteiger partial charge in [0.05, 0.1) is 39.6 Å². The fourth-order valence-corrected chi connectivity index (χ4v) is 8.16. The number of rotatable bonds is 20. The Hall–Kier alpha value is -3.48. The zero-order chi connectivity index (χ0) is 39.1. The fraction of sp³-hybridized carbons (Fsp3) is 0.362. The average Bonchev–Trinajstić information content (AvgIpc) is 3.23. The van der Waals surface area contributed by atoms with Crippen LogP contribution in [0.3, 0.4) is 0 Å². The van der Waals surface area contributed by atoms with Crippen LogP contribution >= 0.6 is 34.2 Å². The molecule has 296 valence electrons. The summed E-state index contributed by atoms with van der Waals surface area (Å²) in [6.45, 7) is 5.91. The third kappa shape index (κ3) is 11.8. The van der Waals surface area contributed by atoms with E-state index in [0.29, 0.717) is 56.1 Å². The Morgan fingerprint density at radius 3 is 1.79 bits per heavy atom. The molecule has 1 aliphatic rings. The highest BCUT2D eigenvalue weighted by Crippen LogP contribution is 2.43. The lowest BCUT2D eigenvalue weighted by Gasteiger charge is -2.46. The lowest BCUT2D eigenvalue weighted by Crippen LogP contribution is -2.58. The molecule has 1 N–H and O–H groups in total. The van der Waals surface area contributed by atoms with E-state index >= 15 is 0 Å². The van der Waals surface area contributed by atoms with Gasteiger partial charge < -0.3 is 33.5 Å². The van der Waals surface area contributed by atoms with Crippen molar-refractivity contribution in [3.8, 4) is 11.5 Å². The molecular weight excluding hydrogens is 839 g/mol. The zero-order valence-corrected chi connectivity index (χ0v) is 35.0. The quantitative estimate of drug-likeness (QED) is 0.0616. The van der Waals surface area contributed by atoms with Gasteiger partial charge in [0.25, 0.3) is 0 Å². The molecular formula is C47H52ClIO7. The van der Waals surface area contributed by atoms with Crippen molar-refractivity contribution in [2.75, 3.05) is 24.2 Å². The van der Waals surface area contributed by atoms with Crippen LogP contribution < -0.4 is 9.47 Å². The van der Waals surface area contributed by atoms with Gasteiger partial charge in [0, 0.05) is 10.6 Å². The van der Waals surface area contributed by atoms with Gasteiger partial charge in [-0.1, -0.05) is 144 Å². The summed E-state index contributed by atoms with van der Waals surface area (Å²) in [5, 5.41) is 11.6. The van der Waals surface area contributed by atoms with Gasteiger partial charge in [-0.2, -0.15) is 0 Å². The lowest BCUT2D eigenvalue weighted by molar-refractivity contribution is -0.272.